The molecule has 1 aliphatic carbocycles. The molecule has 1 fully saturated rings. The van der Waals surface area contributed by atoms with Gasteiger partial charge in [-0.05, 0) is 25.8 Å². The lowest BCUT2D eigenvalue weighted by Crippen LogP contribution is -2.42. The average molecular weight is 262 g/mol. The molecule has 18 heavy (non-hydrogen) atoms. The second kappa shape index (κ2) is 4.82. The van der Waals surface area contributed by atoms with Crippen LogP contribution in [0.2, 0.25) is 0 Å². The first-order chi connectivity index (χ1) is 8.74. The molecule has 3 N–H and O–H groups in total. The highest BCUT2D eigenvalue weighted by Crippen LogP contribution is 2.29. The Kier molecular flexibility index (Phi) is 3.18. The minimum atomic E-state index is 0.239. The summed E-state index contributed by atoms with van der Waals surface area (Å²) in [5.41, 5.74) is 6.17. The van der Waals surface area contributed by atoms with Gasteiger partial charge in [0.15, 0.2) is 0 Å². The first kappa shape index (κ1) is 11.9. The van der Waals surface area contributed by atoms with Crippen LogP contribution in [0.15, 0.2) is 12.4 Å². The van der Waals surface area contributed by atoms with Crippen molar-refractivity contribution in [3.63, 3.8) is 0 Å². The lowest BCUT2D eigenvalue weighted by Gasteiger charge is -2.29. The molecule has 4 nitrogen and oxygen atoms in total. The number of nitrogens with one attached hydrogen (secondary N) is 1. The molecule has 1 saturated carbocycles. The summed E-state index contributed by atoms with van der Waals surface area (Å²) < 4.78 is 0. The molecule has 0 radical (unpaired) electrons. The molecule has 0 aliphatic heterocycles. The van der Waals surface area contributed by atoms with Gasteiger partial charge in [0, 0.05) is 17.0 Å². The maximum atomic E-state index is 6.17. The van der Waals surface area contributed by atoms with E-state index in [0.717, 1.165) is 28.9 Å². The highest BCUT2D eigenvalue weighted by Gasteiger charge is 2.22. The molecule has 2 heterocycles. The highest BCUT2D eigenvalue weighted by atomic mass is 32.1. The molecule has 2 aromatic rings. The molecule has 0 unspecified atom stereocenters. The van der Waals surface area contributed by atoms with Crippen LogP contribution in [-0.2, 0) is 0 Å². The largest absolute Gasteiger partial charge is 0.365 e. The average Bonchev–Trinajstić information content (AvgIpc) is 2.73. The van der Waals surface area contributed by atoms with E-state index in [4.69, 9.17) is 5.73 Å². The molecule has 0 saturated heterocycles. The monoisotopic (exact) mass is 262 g/mol. The van der Waals surface area contributed by atoms with Crippen LogP contribution in [-0.4, -0.2) is 22.1 Å². The fourth-order valence-corrected chi connectivity index (χ4v) is 3.45. The number of nitrogens with two attached hydrogens (primary N) is 1. The van der Waals surface area contributed by atoms with Gasteiger partial charge in [0.1, 0.15) is 17.0 Å². The Morgan fingerprint density at radius 2 is 2.17 bits per heavy atom. The van der Waals surface area contributed by atoms with Crippen molar-refractivity contribution in [2.45, 2.75) is 44.7 Å². The number of fused-ring (bicyclic) bond motifs is 1. The molecule has 3 rings (SSSR count). The van der Waals surface area contributed by atoms with E-state index < -0.39 is 0 Å². The molecule has 1 aliphatic rings. The van der Waals surface area contributed by atoms with Crippen molar-refractivity contribution in [2.24, 2.45) is 5.73 Å². The molecular formula is C13H18N4S. The van der Waals surface area contributed by atoms with E-state index in [1.807, 2.05) is 0 Å². The van der Waals surface area contributed by atoms with E-state index in [1.54, 1.807) is 17.7 Å². The van der Waals surface area contributed by atoms with Gasteiger partial charge >= 0.3 is 0 Å². The van der Waals surface area contributed by atoms with Crippen molar-refractivity contribution in [1.82, 2.24) is 9.97 Å². The normalized spacial score (nSPS) is 24.3. The summed E-state index contributed by atoms with van der Waals surface area (Å²) in [7, 11) is 0. The van der Waals surface area contributed by atoms with Gasteiger partial charge in [0.25, 0.3) is 0 Å². The summed E-state index contributed by atoms with van der Waals surface area (Å²) in [4.78, 5) is 11.0. The van der Waals surface area contributed by atoms with Crippen LogP contribution in [0.3, 0.4) is 0 Å². The summed E-state index contributed by atoms with van der Waals surface area (Å²) in [6.45, 7) is 2.10. The summed E-state index contributed by atoms with van der Waals surface area (Å²) >= 11 is 1.71. The maximum Gasteiger partial charge on any atom is 0.138 e. The molecule has 0 spiro atoms. The fourth-order valence-electron chi connectivity index (χ4n) is 2.61. The zero-order chi connectivity index (χ0) is 12.5. The zero-order valence-electron chi connectivity index (χ0n) is 10.5. The number of hydrogen-bond donors (Lipinski definition) is 2. The van der Waals surface area contributed by atoms with Gasteiger partial charge in [0.05, 0.1) is 5.39 Å². The summed E-state index contributed by atoms with van der Waals surface area (Å²) in [6.07, 6.45) is 6.37. The molecular weight excluding hydrogens is 244 g/mol. The van der Waals surface area contributed by atoms with E-state index in [0.29, 0.717) is 6.04 Å². The van der Waals surface area contributed by atoms with Crippen LogP contribution in [0.5, 0.6) is 0 Å². The van der Waals surface area contributed by atoms with E-state index in [1.165, 1.54) is 17.7 Å². The van der Waals surface area contributed by atoms with Gasteiger partial charge in [-0.15, -0.1) is 11.3 Å². The number of hydrogen-bond acceptors (Lipinski definition) is 5. The van der Waals surface area contributed by atoms with Gasteiger partial charge in [-0.3, -0.25) is 0 Å². The van der Waals surface area contributed by atoms with E-state index >= 15 is 0 Å². The number of thiophene rings is 1. The lowest BCUT2D eigenvalue weighted by molar-refractivity contribution is 0.403. The number of aromatic nitrogens is 2. The standard InChI is InChI=1S/C13H18N4S/c1-8-6-9-12(15-7-16-13(9)18-8)17-11-5-3-2-4-10(11)14/h6-7,10-11H,2-5,14H2,1H3,(H,15,16,17)/t10-,11-/m1/s1. The third-order valence-electron chi connectivity index (χ3n) is 3.59. The topological polar surface area (TPSA) is 63.8 Å². The SMILES string of the molecule is Cc1cc2c(N[C@@H]3CCCC[C@H]3N)ncnc2s1. The number of aryl methyl sites for hydroxylation is 1. The molecule has 2 atom stereocenters. The maximum absolute atomic E-state index is 6.17. The smallest absolute Gasteiger partial charge is 0.138 e. The second-order valence-corrected chi connectivity index (χ2v) is 6.23. The number of rotatable bonds is 2. The van der Waals surface area contributed by atoms with E-state index in [-0.39, 0.29) is 6.04 Å². The zero-order valence-corrected chi connectivity index (χ0v) is 11.3. The minimum absolute atomic E-state index is 0.239. The second-order valence-electron chi connectivity index (χ2n) is 5.00. The Labute approximate surface area is 111 Å². The van der Waals surface area contributed by atoms with Crippen LogP contribution in [0.1, 0.15) is 30.6 Å². The predicted octanol–water partition coefficient (Wildman–Crippen LogP) is 2.68. The third-order valence-corrected chi connectivity index (χ3v) is 4.55. The molecule has 0 amide bonds. The predicted molar refractivity (Wildman–Crippen MR) is 76.0 cm³/mol. The summed E-state index contributed by atoms with van der Waals surface area (Å²) in [5.74, 6) is 0.937. The summed E-state index contributed by atoms with van der Waals surface area (Å²) in [6, 6.07) is 2.73. The quantitative estimate of drug-likeness (QED) is 0.873. The molecule has 0 aromatic carbocycles. The third kappa shape index (κ3) is 2.20. The van der Waals surface area contributed by atoms with Crippen LogP contribution < -0.4 is 11.1 Å². The van der Waals surface area contributed by atoms with Crippen LogP contribution in [0.25, 0.3) is 10.2 Å². The van der Waals surface area contributed by atoms with Crippen molar-refractivity contribution in [3.05, 3.63) is 17.3 Å². The van der Waals surface area contributed by atoms with Gasteiger partial charge in [-0.2, -0.15) is 0 Å². The van der Waals surface area contributed by atoms with Crippen LogP contribution in [0, 0.1) is 6.92 Å². The fraction of sp³-hybridized carbons (Fsp3) is 0.538. The van der Waals surface area contributed by atoms with Gasteiger partial charge in [-0.1, -0.05) is 12.8 Å². The van der Waals surface area contributed by atoms with Gasteiger partial charge in [-0.25, -0.2) is 9.97 Å². The van der Waals surface area contributed by atoms with Gasteiger partial charge in [0.2, 0.25) is 0 Å². The molecule has 2 aromatic heterocycles. The highest BCUT2D eigenvalue weighted by molar-refractivity contribution is 7.18. The molecule has 96 valence electrons. The first-order valence-electron chi connectivity index (χ1n) is 6.47. The van der Waals surface area contributed by atoms with E-state index in [9.17, 15) is 0 Å². The van der Waals surface area contributed by atoms with E-state index in [2.05, 4.69) is 28.3 Å². The Balaban J connectivity index is 1.89. The number of anilines is 1. The van der Waals surface area contributed by atoms with Crippen molar-refractivity contribution in [2.75, 3.05) is 5.32 Å². The molecule has 0 bridgehead atoms. The number of nitrogens with zero attached hydrogens (tertiary/aromatic N) is 2. The van der Waals surface area contributed by atoms with Crippen LogP contribution in [0.4, 0.5) is 5.82 Å². The summed E-state index contributed by atoms with van der Waals surface area (Å²) in [5, 5.41) is 4.64. The van der Waals surface area contributed by atoms with Gasteiger partial charge < -0.3 is 11.1 Å². The first-order valence-corrected chi connectivity index (χ1v) is 7.29. The molecule has 5 heteroatoms. The lowest BCUT2D eigenvalue weighted by atomic mass is 9.91. The van der Waals surface area contributed by atoms with Crippen molar-refractivity contribution < 1.29 is 0 Å². The van der Waals surface area contributed by atoms with Crippen LogP contribution >= 0.6 is 11.3 Å². The van der Waals surface area contributed by atoms with Crippen molar-refractivity contribution in [3.8, 4) is 0 Å². The Bertz CT molecular complexity index is 551. The Morgan fingerprint density at radius 3 is 3.00 bits per heavy atom. The Hall–Kier alpha value is -1.20. The van der Waals surface area contributed by atoms with Crippen molar-refractivity contribution >= 4 is 27.4 Å². The minimum Gasteiger partial charge on any atom is -0.365 e. The Morgan fingerprint density at radius 1 is 1.33 bits per heavy atom. The van der Waals surface area contributed by atoms with Crippen molar-refractivity contribution in [1.29, 1.82) is 0 Å².